The fraction of sp³-hybridized carbons (Fsp3) is 0.396. The van der Waals surface area contributed by atoms with Gasteiger partial charge in [0.15, 0.2) is 0 Å². The van der Waals surface area contributed by atoms with Crippen LogP contribution in [0.4, 0.5) is 9.59 Å². The quantitative estimate of drug-likeness (QED) is 0.105. The fourth-order valence-electron chi connectivity index (χ4n) is 11.8. The maximum absolute atomic E-state index is 14.4. The van der Waals surface area contributed by atoms with Crippen molar-refractivity contribution in [3.05, 3.63) is 119 Å². The van der Waals surface area contributed by atoms with Crippen LogP contribution in [0.15, 0.2) is 91.1 Å². The number of imidazole rings is 2. The first kappa shape index (κ1) is 43.6. The molecule has 6 atom stereocenters. The largest absolute Gasteiger partial charge is 0.453 e. The van der Waals surface area contributed by atoms with Crippen LogP contribution >= 0.6 is 0 Å². The lowest BCUT2D eigenvalue weighted by molar-refractivity contribution is -0.138. The summed E-state index contributed by atoms with van der Waals surface area (Å²) in [4.78, 5) is 74.3. The molecule has 11 rings (SSSR count). The molecule has 15 heteroatoms. The molecule has 3 saturated heterocycles. The van der Waals surface area contributed by atoms with Crippen LogP contribution in [0.3, 0.4) is 0 Å². The lowest BCUT2D eigenvalue weighted by atomic mass is 9.83. The van der Waals surface area contributed by atoms with Crippen molar-refractivity contribution in [3.63, 3.8) is 0 Å². The van der Waals surface area contributed by atoms with E-state index < -0.39 is 24.3 Å². The molecule has 4 fully saturated rings. The number of carbonyl (C=O) groups excluding carboxylic acids is 4. The van der Waals surface area contributed by atoms with Gasteiger partial charge in [-0.3, -0.25) is 9.59 Å². The number of carbonyl (C=O) groups is 4. The summed E-state index contributed by atoms with van der Waals surface area (Å²) in [5.41, 5.74) is 11.7. The molecule has 5 heterocycles. The van der Waals surface area contributed by atoms with E-state index in [9.17, 15) is 19.2 Å². The molecule has 4 amide bonds. The van der Waals surface area contributed by atoms with Crippen LogP contribution < -0.4 is 10.6 Å². The Labute approximate surface area is 394 Å². The van der Waals surface area contributed by atoms with Crippen LogP contribution in [0, 0.1) is 11.8 Å². The topological polar surface area (TPSA) is 184 Å². The zero-order valence-electron chi connectivity index (χ0n) is 38.3. The van der Waals surface area contributed by atoms with Gasteiger partial charge in [-0.1, -0.05) is 66.7 Å². The summed E-state index contributed by atoms with van der Waals surface area (Å²) in [6, 6.07) is 27.1. The molecule has 1 unspecified atom stereocenters. The minimum Gasteiger partial charge on any atom is -0.453 e. The molecular weight excluding hydrogens is 861 g/mol. The van der Waals surface area contributed by atoms with E-state index >= 15 is 0 Å². The van der Waals surface area contributed by atoms with Crippen LogP contribution in [0.5, 0.6) is 0 Å². The van der Waals surface area contributed by atoms with Gasteiger partial charge in [0.2, 0.25) is 5.91 Å². The van der Waals surface area contributed by atoms with Crippen molar-refractivity contribution in [2.45, 2.75) is 88.0 Å². The molecule has 4 N–H and O–H groups in total. The molecule has 2 aromatic heterocycles. The van der Waals surface area contributed by atoms with E-state index in [-0.39, 0.29) is 41.8 Å². The number of H-pyrrole nitrogens is 2. The number of aromatic nitrogens is 4. The van der Waals surface area contributed by atoms with Crippen LogP contribution in [-0.2, 0) is 36.6 Å². The van der Waals surface area contributed by atoms with E-state index in [0.717, 1.165) is 90.0 Å². The van der Waals surface area contributed by atoms with Gasteiger partial charge in [0.25, 0.3) is 5.91 Å². The van der Waals surface area contributed by atoms with Gasteiger partial charge >= 0.3 is 12.2 Å². The van der Waals surface area contributed by atoms with Crippen molar-refractivity contribution >= 4 is 35.0 Å². The van der Waals surface area contributed by atoms with Gasteiger partial charge in [-0.05, 0) is 132 Å². The van der Waals surface area contributed by atoms with Crippen molar-refractivity contribution in [2.24, 2.45) is 11.8 Å². The predicted molar refractivity (Wildman–Crippen MR) is 254 cm³/mol. The zero-order chi connectivity index (χ0) is 46.5. The third-order valence-electron chi connectivity index (χ3n) is 15.2. The molecule has 3 aliphatic heterocycles. The van der Waals surface area contributed by atoms with Gasteiger partial charge in [0.1, 0.15) is 23.7 Å². The van der Waals surface area contributed by atoms with Crippen LogP contribution in [-0.4, -0.2) is 99.8 Å². The summed E-state index contributed by atoms with van der Waals surface area (Å²) in [5.74, 6) is 1.51. The first-order valence-corrected chi connectivity index (χ1v) is 24.0. The van der Waals surface area contributed by atoms with Crippen molar-refractivity contribution in [3.8, 4) is 33.5 Å². The number of aromatic amines is 2. The maximum Gasteiger partial charge on any atom is 0.407 e. The summed E-state index contributed by atoms with van der Waals surface area (Å²) in [6.45, 7) is 1.72. The fourth-order valence-corrected chi connectivity index (χ4v) is 11.8. The Bertz CT molecular complexity index is 2890. The van der Waals surface area contributed by atoms with Crippen molar-refractivity contribution in [1.29, 1.82) is 0 Å². The van der Waals surface area contributed by atoms with Crippen molar-refractivity contribution < 1.29 is 33.4 Å². The number of likely N-dealkylation sites (tertiary alicyclic amines) is 2. The maximum atomic E-state index is 14.4. The number of rotatable bonds is 10. The Hall–Kier alpha value is -7.00. The number of benzene rings is 4. The molecule has 6 aromatic rings. The number of methoxy groups -OCH3 is 2. The van der Waals surface area contributed by atoms with Gasteiger partial charge < -0.3 is 44.6 Å². The second kappa shape index (κ2) is 18.2. The molecule has 1 saturated carbocycles. The number of nitrogens with one attached hydrogen (secondary N) is 4. The van der Waals surface area contributed by atoms with E-state index in [1.807, 2.05) is 46.3 Å². The number of ether oxygens (including phenoxy) is 3. The average molecular weight is 917 g/mol. The van der Waals surface area contributed by atoms with Gasteiger partial charge in [-0.15, -0.1) is 0 Å². The van der Waals surface area contributed by atoms with Crippen LogP contribution in [0.2, 0.25) is 0 Å². The van der Waals surface area contributed by atoms with E-state index in [4.69, 9.17) is 24.2 Å². The zero-order valence-corrected chi connectivity index (χ0v) is 38.3. The highest BCUT2D eigenvalue weighted by Gasteiger charge is 2.51. The molecule has 15 nitrogen and oxygen atoms in total. The standard InChI is InChI=1S/C53H56N8O7/c1-66-52(64)58-45(31-20-23-68-24-21-31)50(62)60-22-6-9-44(60)48-54-29-43(57-48)36-14-18-40-35(26-36)11-10-34-25-32(13-17-39(34)40)33-15-19-41-42(28-33)56-49(55-41)47-37-12-16-38(27-37)61(47)51(63)46(59-53(65)67-2)30-7-4-3-5-8-30/h3-5,7-8,13-15,17-19,25-26,28-29,31,37-38,44-47H,6,9-12,16,20-24,27H2,1-2H3,(H,54,57)(H,55,56)(H,58,64)(H,59,65)/t37-,38?,44-,45-,46+,47-/m0/s1. The lowest BCUT2D eigenvalue weighted by Crippen LogP contribution is -2.53. The minimum atomic E-state index is -0.876. The number of piperidine rings is 1. The SMILES string of the molecule is COC(=O)N[C@H](C(=O)N1CCC[C@H]1c1ncc(-c2ccc3c(c2)CCc2cc(-c4ccc5nc([C@@H]6[C@H]7CCC(C7)N6C(=O)[C@H](NC(=O)OC)c6ccccc6)[nH]c5c4)ccc2-3)[nH]1)C1CCOCC1. The van der Waals surface area contributed by atoms with Crippen molar-refractivity contribution in [2.75, 3.05) is 34.0 Å². The lowest BCUT2D eigenvalue weighted by Gasteiger charge is -2.36. The number of amides is 4. The smallest absolute Gasteiger partial charge is 0.407 e. The summed E-state index contributed by atoms with van der Waals surface area (Å²) < 4.78 is 15.4. The molecule has 2 bridgehead atoms. The monoisotopic (exact) mass is 916 g/mol. The van der Waals surface area contributed by atoms with E-state index in [1.54, 1.807) is 0 Å². The van der Waals surface area contributed by atoms with E-state index in [2.05, 4.69) is 75.2 Å². The molecule has 4 aromatic carbocycles. The molecule has 68 heavy (non-hydrogen) atoms. The normalized spacial score (nSPS) is 21.8. The van der Waals surface area contributed by atoms with E-state index in [1.165, 1.54) is 36.5 Å². The average Bonchev–Trinajstić information content (AvgIpc) is 4.26. The molecule has 5 aliphatic rings. The Morgan fingerprint density at radius 3 is 2.22 bits per heavy atom. The highest BCUT2D eigenvalue weighted by Crippen LogP contribution is 2.51. The summed E-state index contributed by atoms with van der Waals surface area (Å²) in [7, 11) is 2.62. The third kappa shape index (κ3) is 8.05. The number of alkyl carbamates (subject to hydrolysis) is 2. The summed E-state index contributed by atoms with van der Waals surface area (Å²) in [5, 5.41) is 5.63. The molecule has 350 valence electrons. The van der Waals surface area contributed by atoms with E-state index in [0.29, 0.717) is 38.2 Å². The number of fused-ring (bicyclic) bond motifs is 6. The molecule has 0 spiro atoms. The summed E-state index contributed by atoms with van der Waals surface area (Å²) in [6.07, 6.45) is 8.29. The number of hydrogen-bond acceptors (Lipinski definition) is 9. The first-order valence-electron chi connectivity index (χ1n) is 24.0. The molecule has 0 radical (unpaired) electrons. The van der Waals surface area contributed by atoms with Crippen molar-refractivity contribution in [1.82, 2.24) is 40.4 Å². The third-order valence-corrected chi connectivity index (χ3v) is 15.2. The Kier molecular flexibility index (Phi) is 11.7. The first-order chi connectivity index (χ1) is 33.2. The predicted octanol–water partition coefficient (Wildman–Crippen LogP) is 8.35. The number of nitrogens with zero attached hydrogens (tertiary/aromatic N) is 4. The van der Waals surface area contributed by atoms with Gasteiger partial charge in [-0.2, -0.15) is 0 Å². The highest BCUT2D eigenvalue weighted by atomic mass is 16.5. The molecular formula is C53H56N8O7. The second-order valence-corrected chi connectivity index (χ2v) is 18.9. The van der Waals surface area contributed by atoms with Crippen LogP contribution in [0.25, 0.3) is 44.5 Å². The Morgan fingerprint density at radius 1 is 0.750 bits per heavy atom. The number of aryl methyl sites for hydroxylation is 2. The van der Waals surface area contributed by atoms with Crippen LogP contribution in [0.1, 0.15) is 91.4 Å². The van der Waals surface area contributed by atoms with Gasteiger partial charge in [0.05, 0.1) is 49.2 Å². The number of hydrogen-bond donors (Lipinski definition) is 4. The molecule has 2 aliphatic carbocycles. The summed E-state index contributed by atoms with van der Waals surface area (Å²) >= 11 is 0. The van der Waals surface area contributed by atoms with Gasteiger partial charge in [0, 0.05) is 25.8 Å². The minimum absolute atomic E-state index is 0.0266. The van der Waals surface area contributed by atoms with Gasteiger partial charge in [-0.25, -0.2) is 19.6 Å². The second-order valence-electron chi connectivity index (χ2n) is 18.9. The Morgan fingerprint density at radius 2 is 1.46 bits per heavy atom. The Balaban J connectivity index is 0.804. The highest BCUT2D eigenvalue weighted by molar-refractivity contribution is 5.89.